The van der Waals surface area contributed by atoms with Gasteiger partial charge in [0.25, 0.3) is 0 Å². The van der Waals surface area contributed by atoms with Crippen molar-refractivity contribution < 1.29 is 8.78 Å². The molecule has 0 bridgehead atoms. The Labute approximate surface area is 201 Å². The quantitative estimate of drug-likeness (QED) is 0.183. The molecule has 0 spiro atoms. The summed E-state index contributed by atoms with van der Waals surface area (Å²) < 4.78 is 33.1. The van der Waals surface area contributed by atoms with Crippen LogP contribution in [-0.4, -0.2) is 18.4 Å². The molecule has 0 unspecified atom stereocenters. The molecule has 0 atom stereocenters. The van der Waals surface area contributed by atoms with Crippen molar-refractivity contribution in [1.82, 2.24) is 0 Å². The summed E-state index contributed by atoms with van der Waals surface area (Å²) in [6, 6.07) is 8.50. The van der Waals surface area contributed by atoms with Gasteiger partial charge in [-0.25, -0.2) is 0 Å². The zero-order valence-electron chi connectivity index (χ0n) is 18.2. The van der Waals surface area contributed by atoms with Gasteiger partial charge in [-0.2, -0.15) is 0 Å². The Kier molecular flexibility index (Phi) is 5.41. The van der Waals surface area contributed by atoms with Crippen molar-refractivity contribution in [3.05, 3.63) is 50.5 Å². The minimum absolute atomic E-state index is 0.144. The second-order valence-electron chi connectivity index (χ2n) is 9.09. The molecule has 31 heavy (non-hydrogen) atoms. The Bertz CT molecular complexity index is 1430. The number of aryl methyl sites for hydroxylation is 3. The van der Waals surface area contributed by atoms with Crippen molar-refractivity contribution in [3.8, 4) is 20.9 Å². The molecule has 7 heteroatoms. The van der Waals surface area contributed by atoms with Gasteiger partial charge < -0.3 is 0 Å². The summed E-state index contributed by atoms with van der Waals surface area (Å²) in [5.41, 5.74) is 3.45. The number of halogens is 2. The van der Waals surface area contributed by atoms with Gasteiger partial charge in [0.1, 0.15) is 0 Å². The van der Waals surface area contributed by atoms with Gasteiger partial charge in [-0.15, -0.1) is 0 Å². The Hall–Kier alpha value is -0.801. The van der Waals surface area contributed by atoms with Crippen molar-refractivity contribution >= 4 is 86.8 Å². The summed E-state index contributed by atoms with van der Waals surface area (Å²) in [5, 5.41) is 2.07. The molecule has 0 fully saturated rings. The number of fused-ring (bicyclic) bond motifs is 3. The molecule has 0 N–H and O–H groups in total. The summed E-state index contributed by atoms with van der Waals surface area (Å²) >= 11 is 3.81. The molecule has 0 saturated carbocycles. The van der Waals surface area contributed by atoms with E-state index in [1.807, 2.05) is 48.7 Å². The molecule has 5 rings (SSSR count). The molecule has 0 amide bonds. The van der Waals surface area contributed by atoms with Crippen LogP contribution in [0.25, 0.3) is 41.1 Å². The summed E-state index contributed by atoms with van der Waals surface area (Å²) in [6.45, 7) is 5.76. The first-order valence-electron chi connectivity index (χ1n) is 10.1. The molecular weight excluding hydrogens is 573 g/mol. The third kappa shape index (κ3) is 3.62. The number of thiophene rings is 4. The summed E-state index contributed by atoms with van der Waals surface area (Å²) in [4.78, 5) is 10.4. The van der Waals surface area contributed by atoms with Gasteiger partial charge in [0.2, 0.25) is 0 Å². The third-order valence-electron chi connectivity index (χ3n) is 5.53. The number of hydrogen-bond acceptors (Lipinski definition) is 4. The standard InChI is InChI=1S/C21H13F2S4.3CH3.Sn/c1-9-6-14(26-20(9)22)16-12-4-5-24-18(12)19-13(8-11(3)25-19)17(16)15-7-10(2)21(23)27-15;;;;/h4,6-8H,1-3H3;3*1H3;. The average Bonchev–Trinajstić information content (AvgIpc) is 3.41. The molecule has 4 heterocycles. The molecule has 0 aliphatic heterocycles. The molecule has 0 saturated heterocycles. The average molecular weight is 595 g/mol. The van der Waals surface area contributed by atoms with Crippen LogP contribution in [0.15, 0.2) is 24.3 Å². The second kappa shape index (κ2) is 7.62. The van der Waals surface area contributed by atoms with E-state index in [1.165, 1.54) is 45.2 Å². The molecule has 5 aromatic rings. The van der Waals surface area contributed by atoms with Gasteiger partial charge >= 0.3 is 203 Å². The molecule has 0 radical (unpaired) electrons. The topological polar surface area (TPSA) is 0 Å². The number of rotatable bonds is 3. The van der Waals surface area contributed by atoms with Crippen LogP contribution in [0.4, 0.5) is 8.78 Å². The van der Waals surface area contributed by atoms with Crippen molar-refractivity contribution in [2.45, 2.75) is 35.6 Å². The van der Waals surface area contributed by atoms with E-state index in [9.17, 15) is 8.78 Å². The monoisotopic (exact) mass is 596 g/mol. The van der Waals surface area contributed by atoms with Crippen molar-refractivity contribution in [3.63, 3.8) is 0 Å². The van der Waals surface area contributed by atoms with E-state index in [0.717, 1.165) is 26.3 Å². The predicted octanol–water partition coefficient (Wildman–Crippen LogP) is 9.32. The third-order valence-corrected chi connectivity index (χ3v) is 19.4. The van der Waals surface area contributed by atoms with Crippen LogP contribution in [0.2, 0.25) is 14.8 Å². The van der Waals surface area contributed by atoms with E-state index in [-0.39, 0.29) is 10.3 Å². The second-order valence-corrected chi connectivity index (χ2v) is 28.8. The van der Waals surface area contributed by atoms with Gasteiger partial charge in [0.05, 0.1) is 0 Å². The molecule has 160 valence electrons. The summed E-state index contributed by atoms with van der Waals surface area (Å²) in [7, 11) is 0. The Morgan fingerprint density at radius 2 is 1.13 bits per heavy atom. The van der Waals surface area contributed by atoms with E-state index < -0.39 is 18.4 Å². The zero-order chi connectivity index (χ0) is 22.2. The zero-order valence-corrected chi connectivity index (χ0v) is 24.3. The van der Waals surface area contributed by atoms with E-state index >= 15 is 0 Å². The fraction of sp³-hybridized carbons (Fsp3) is 0.250. The maximum atomic E-state index is 14.5. The molecule has 1 aromatic carbocycles. The van der Waals surface area contributed by atoms with E-state index in [2.05, 4.69) is 33.9 Å². The van der Waals surface area contributed by atoms with Crippen LogP contribution >= 0.6 is 45.3 Å². The Balaban J connectivity index is 2.02. The van der Waals surface area contributed by atoms with Crippen molar-refractivity contribution in [2.75, 3.05) is 0 Å². The Morgan fingerprint density at radius 3 is 1.58 bits per heavy atom. The fourth-order valence-corrected chi connectivity index (χ4v) is 13.4. The SMILES string of the molecule is Cc1cc2c(-c3cc(C)c(F)s3)c(-c3cc(C)c(F)s3)c3c[c]([Sn]([CH3])([CH3])[CH3])sc3c2s1. The summed E-state index contributed by atoms with van der Waals surface area (Å²) in [6.07, 6.45) is 0. The number of benzene rings is 1. The molecule has 0 aliphatic carbocycles. The first kappa shape index (κ1) is 22.0. The van der Waals surface area contributed by atoms with E-state index in [0.29, 0.717) is 11.1 Å². The van der Waals surface area contributed by atoms with Crippen LogP contribution in [0.1, 0.15) is 16.0 Å². The van der Waals surface area contributed by atoms with Crippen LogP contribution < -0.4 is 2.89 Å². The van der Waals surface area contributed by atoms with Gasteiger partial charge in [-0.1, -0.05) is 0 Å². The van der Waals surface area contributed by atoms with Crippen LogP contribution in [0.5, 0.6) is 0 Å². The molecule has 4 aromatic heterocycles. The predicted molar refractivity (Wildman–Crippen MR) is 141 cm³/mol. The molecule has 0 nitrogen and oxygen atoms in total. The van der Waals surface area contributed by atoms with Crippen LogP contribution in [0, 0.1) is 31.0 Å². The molecule has 0 aliphatic rings. The van der Waals surface area contributed by atoms with Crippen molar-refractivity contribution in [2.24, 2.45) is 0 Å². The fourth-order valence-electron chi connectivity index (χ4n) is 3.93. The first-order chi connectivity index (χ1) is 14.5. The molecular formula is C24H22F2S4Sn. The van der Waals surface area contributed by atoms with Gasteiger partial charge in [0, 0.05) is 0 Å². The normalized spacial score (nSPS) is 12.5. The van der Waals surface area contributed by atoms with Crippen LogP contribution in [0.3, 0.4) is 0 Å². The Morgan fingerprint density at radius 1 is 0.645 bits per heavy atom. The van der Waals surface area contributed by atoms with Gasteiger partial charge in [-0.05, 0) is 0 Å². The summed E-state index contributed by atoms with van der Waals surface area (Å²) in [5.74, 6) is 0. The van der Waals surface area contributed by atoms with Crippen LogP contribution in [-0.2, 0) is 0 Å². The van der Waals surface area contributed by atoms with Gasteiger partial charge in [-0.3, -0.25) is 0 Å². The van der Waals surface area contributed by atoms with Crippen molar-refractivity contribution in [1.29, 1.82) is 0 Å². The van der Waals surface area contributed by atoms with Gasteiger partial charge in [0.15, 0.2) is 0 Å². The maximum absolute atomic E-state index is 14.5. The van der Waals surface area contributed by atoms with E-state index in [1.54, 1.807) is 0 Å². The number of hydrogen-bond donors (Lipinski definition) is 0. The first-order valence-corrected chi connectivity index (χ1v) is 23.3. The minimum atomic E-state index is -2.33. The van der Waals surface area contributed by atoms with E-state index in [4.69, 9.17) is 0 Å².